The lowest BCUT2D eigenvalue weighted by atomic mass is 10.1. The van der Waals surface area contributed by atoms with Crippen LogP contribution in [0.2, 0.25) is 0 Å². The van der Waals surface area contributed by atoms with Crippen LogP contribution in [0.5, 0.6) is 0 Å². The van der Waals surface area contributed by atoms with Gasteiger partial charge in [-0.3, -0.25) is 0 Å². The lowest BCUT2D eigenvalue weighted by molar-refractivity contribution is -0.155. The normalized spacial score (nSPS) is 18.8. The fourth-order valence-corrected chi connectivity index (χ4v) is 3.06. The second kappa shape index (κ2) is 17.2. The summed E-state index contributed by atoms with van der Waals surface area (Å²) < 4.78 is 11.2. The van der Waals surface area contributed by atoms with E-state index in [9.17, 15) is 0 Å². The third kappa shape index (κ3) is 13.8. The zero-order chi connectivity index (χ0) is 17.1. The smallest absolute Gasteiger partial charge is 0.157 e. The maximum atomic E-state index is 5.65. The number of rotatable bonds is 15. The zero-order valence-electron chi connectivity index (χ0n) is 16.0. The molecule has 24 heavy (non-hydrogen) atoms. The molecular weight excluding hydrogens is 296 g/mol. The van der Waals surface area contributed by atoms with Crippen molar-refractivity contribution in [2.24, 2.45) is 0 Å². The highest BCUT2D eigenvalue weighted by molar-refractivity contribution is 5.02. The molecule has 1 unspecified atom stereocenters. The molecule has 0 spiro atoms. The summed E-state index contributed by atoms with van der Waals surface area (Å²) in [6.45, 7) is 3.80. The van der Waals surface area contributed by atoms with Gasteiger partial charge in [-0.1, -0.05) is 89.0 Å². The number of hydrogen-bond donors (Lipinski definition) is 0. The summed E-state index contributed by atoms with van der Waals surface area (Å²) in [5.41, 5.74) is 0. The largest absolute Gasteiger partial charge is 0.353 e. The first-order chi connectivity index (χ1) is 11.9. The highest BCUT2D eigenvalue weighted by Gasteiger charge is 2.12. The van der Waals surface area contributed by atoms with Gasteiger partial charge in [0.05, 0.1) is 6.61 Å². The lowest BCUT2D eigenvalue weighted by Crippen LogP contribution is -2.22. The van der Waals surface area contributed by atoms with Crippen molar-refractivity contribution in [1.82, 2.24) is 0 Å². The van der Waals surface area contributed by atoms with Gasteiger partial charge in [0.25, 0.3) is 0 Å². The van der Waals surface area contributed by atoms with Crippen LogP contribution in [0, 0.1) is 0 Å². The maximum Gasteiger partial charge on any atom is 0.157 e. The second-order valence-corrected chi connectivity index (χ2v) is 6.96. The highest BCUT2D eigenvalue weighted by atomic mass is 16.7. The van der Waals surface area contributed by atoms with Crippen molar-refractivity contribution >= 4 is 0 Å². The van der Waals surface area contributed by atoms with Crippen molar-refractivity contribution in [1.29, 1.82) is 0 Å². The molecule has 0 amide bonds. The Kier molecular flexibility index (Phi) is 15.4. The molecule has 1 saturated heterocycles. The van der Waals surface area contributed by atoms with Gasteiger partial charge in [0.1, 0.15) is 0 Å². The minimum atomic E-state index is 0.0269. The van der Waals surface area contributed by atoms with E-state index in [2.05, 4.69) is 31.2 Å². The van der Waals surface area contributed by atoms with Crippen LogP contribution in [0.3, 0.4) is 0 Å². The van der Waals surface area contributed by atoms with E-state index >= 15 is 0 Å². The Morgan fingerprint density at radius 2 is 1.50 bits per heavy atom. The van der Waals surface area contributed by atoms with Crippen molar-refractivity contribution in [2.75, 3.05) is 13.2 Å². The maximum absolute atomic E-state index is 5.65. The van der Waals surface area contributed by atoms with Gasteiger partial charge in [-0.15, -0.1) is 0 Å². The molecule has 0 bridgehead atoms. The molecule has 0 aliphatic carbocycles. The SMILES string of the molecule is CCCCCCCCCCCCC=CC=CCOC1CCCCO1. The van der Waals surface area contributed by atoms with Gasteiger partial charge in [0, 0.05) is 6.61 Å². The first-order valence-corrected chi connectivity index (χ1v) is 10.5. The van der Waals surface area contributed by atoms with E-state index < -0.39 is 0 Å². The number of hydrogen-bond acceptors (Lipinski definition) is 2. The van der Waals surface area contributed by atoms with Gasteiger partial charge in [0.15, 0.2) is 6.29 Å². The molecule has 0 saturated carbocycles. The van der Waals surface area contributed by atoms with E-state index in [-0.39, 0.29) is 6.29 Å². The van der Waals surface area contributed by atoms with Crippen LogP contribution in [0.25, 0.3) is 0 Å². The Hall–Kier alpha value is -0.600. The summed E-state index contributed by atoms with van der Waals surface area (Å²) in [6, 6.07) is 0. The topological polar surface area (TPSA) is 18.5 Å². The van der Waals surface area contributed by atoms with Crippen molar-refractivity contribution in [3.8, 4) is 0 Å². The second-order valence-electron chi connectivity index (χ2n) is 6.96. The van der Waals surface area contributed by atoms with E-state index in [1.54, 1.807) is 0 Å². The fourth-order valence-electron chi connectivity index (χ4n) is 3.06. The molecule has 0 aromatic heterocycles. The van der Waals surface area contributed by atoms with Crippen molar-refractivity contribution in [3.05, 3.63) is 24.3 Å². The van der Waals surface area contributed by atoms with Gasteiger partial charge in [-0.25, -0.2) is 0 Å². The number of allylic oxidation sites excluding steroid dienone is 3. The first kappa shape index (κ1) is 21.4. The van der Waals surface area contributed by atoms with Crippen LogP contribution in [-0.4, -0.2) is 19.5 Å². The Morgan fingerprint density at radius 1 is 0.833 bits per heavy atom. The van der Waals surface area contributed by atoms with Gasteiger partial charge in [-0.2, -0.15) is 0 Å². The predicted molar refractivity (Wildman–Crippen MR) is 104 cm³/mol. The molecule has 1 aliphatic heterocycles. The minimum absolute atomic E-state index is 0.0269. The summed E-state index contributed by atoms with van der Waals surface area (Å²) in [4.78, 5) is 0. The Bertz CT molecular complexity index is 303. The predicted octanol–water partition coefficient (Wildman–Crippen LogP) is 6.95. The minimum Gasteiger partial charge on any atom is -0.353 e. The molecule has 0 aromatic rings. The molecule has 1 heterocycles. The molecular formula is C22H40O2. The lowest BCUT2D eigenvalue weighted by Gasteiger charge is -2.21. The van der Waals surface area contributed by atoms with Crippen molar-refractivity contribution in [3.63, 3.8) is 0 Å². The summed E-state index contributed by atoms with van der Waals surface area (Å²) in [5, 5.41) is 0. The Morgan fingerprint density at radius 3 is 2.17 bits per heavy atom. The van der Waals surface area contributed by atoms with Crippen LogP contribution >= 0.6 is 0 Å². The van der Waals surface area contributed by atoms with Crippen LogP contribution in [0.4, 0.5) is 0 Å². The fraction of sp³-hybridized carbons (Fsp3) is 0.818. The van der Waals surface area contributed by atoms with E-state index in [4.69, 9.17) is 9.47 Å². The summed E-state index contributed by atoms with van der Waals surface area (Å²) in [6.07, 6.45) is 27.4. The monoisotopic (exact) mass is 336 g/mol. The van der Waals surface area contributed by atoms with Crippen LogP contribution < -0.4 is 0 Å². The van der Waals surface area contributed by atoms with Gasteiger partial charge in [-0.05, 0) is 32.1 Å². The van der Waals surface area contributed by atoms with Gasteiger partial charge >= 0.3 is 0 Å². The van der Waals surface area contributed by atoms with E-state index in [0.29, 0.717) is 6.61 Å². The molecule has 0 N–H and O–H groups in total. The summed E-state index contributed by atoms with van der Waals surface area (Å²) in [5.74, 6) is 0. The van der Waals surface area contributed by atoms with Crippen molar-refractivity contribution in [2.45, 2.75) is 103 Å². The number of ether oxygens (including phenoxy) is 2. The average molecular weight is 337 g/mol. The quantitative estimate of drug-likeness (QED) is 0.238. The van der Waals surface area contributed by atoms with E-state index in [1.807, 2.05) is 0 Å². The average Bonchev–Trinajstić information content (AvgIpc) is 2.62. The molecule has 0 aromatic carbocycles. The summed E-state index contributed by atoms with van der Waals surface area (Å²) in [7, 11) is 0. The number of unbranched alkanes of at least 4 members (excludes halogenated alkanes) is 10. The van der Waals surface area contributed by atoms with Crippen LogP contribution in [0.15, 0.2) is 24.3 Å². The molecule has 2 nitrogen and oxygen atoms in total. The Labute approximate surface area is 150 Å². The Balaban J connectivity index is 1.78. The first-order valence-electron chi connectivity index (χ1n) is 10.5. The summed E-state index contributed by atoms with van der Waals surface area (Å²) >= 11 is 0. The zero-order valence-corrected chi connectivity index (χ0v) is 16.0. The molecule has 2 heteroatoms. The molecule has 1 rings (SSSR count). The standard InChI is InChI=1S/C22H40O2/c1-2-3-4-5-6-7-8-9-10-11-12-13-14-15-17-20-23-22-19-16-18-21-24-22/h13-15,17,22H,2-12,16,18-21H2,1H3. The van der Waals surface area contributed by atoms with Gasteiger partial charge in [0.2, 0.25) is 0 Å². The van der Waals surface area contributed by atoms with Gasteiger partial charge < -0.3 is 9.47 Å². The molecule has 0 radical (unpaired) electrons. The third-order valence-corrected chi connectivity index (χ3v) is 4.62. The van der Waals surface area contributed by atoms with E-state index in [1.165, 1.54) is 83.5 Å². The third-order valence-electron chi connectivity index (χ3n) is 4.62. The molecule has 1 aliphatic rings. The van der Waals surface area contributed by atoms with Crippen LogP contribution in [0.1, 0.15) is 96.8 Å². The highest BCUT2D eigenvalue weighted by Crippen LogP contribution is 2.13. The van der Waals surface area contributed by atoms with Crippen LogP contribution in [-0.2, 0) is 9.47 Å². The van der Waals surface area contributed by atoms with Crippen molar-refractivity contribution < 1.29 is 9.47 Å². The molecule has 140 valence electrons. The molecule has 1 fully saturated rings. The molecule has 1 atom stereocenters. The van der Waals surface area contributed by atoms with E-state index in [0.717, 1.165) is 13.0 Å².